The molecule has 126 valence electrons. The summed E-state index contributed by atoms with van der Waals surface area (Å²) in [6.07, 6.45) is 1.18. The molecule has 1 aromatic carbocycles. The number of nitro groups is 1. The summed E-state index contributed by atoms with van der Waals surface area (Å²) in [5.41, 5.74) is -0.487. The fourth-order valence-electron chi connectivity index (χ4n) is 2.15. The first-order valence-corrected chi connectivity index (χ1v) is 7.20. The molecule has 0 radical (unpaired) electrons. The van der Waals surface area contributed by atoms with Gasteiger partial charge in [-0.1, -0.05) is 11.8 Å². The number of non-ortho nitro benzene ring substituents is 1. The molecule has 2 heterocycles. The number of thiocarbonyl (C=S) groups is 1. The molecule has 2 aromatic rings. The Bertz CT molecular complexity index is 940. The summed E-state index contributed by atoms with van der Waals surface area (Å²) in [5.74, 6) is -1.64. The van der Waals surface area contributed by atoms with Gasteiger partial charge in [-0.05, 0) is 30.4 Å². The smallest absolute Gasteiger partial charge is 0.270 e. The van der Waals surface area contributed by atoms with Gasteiger partial charge in [-0.25, -0.2) is 0 Å². The first-order chi connectivity index (χ1) is 11.8. The van der Waals surface area contributed by atoms with Crippen molar-refractivity contribution in [2.24, 2.45) is 0 Å². The Morgan fingerprint density at radius 1 is 1.12 bits per heavy atom. The van der Waals surface area contributed by atoms with E-state index >= 15 is 0 Å². The SMILES string of the molecule is O=C1NC(=S)NC(=O)C1=Cc1ccc(-c2cc([N+](=O)[O-])ccc2[O-])o1. The first-order valence-electron chi connectivity index (χ1n) is 6.79. The second-order valence-corrected chi connectivity index (χ2v) is 5.34. The molecule has 3 rings (SSSR count). The van der Waals surface area contributed by atoms with Crippen LogP contribution in [0.2, 0.25) is 0 Å². The largest absolute Gasteiger partial charge is 0.872 e. The summed E-state index contributed by atoms with van der Waals surface area (Å²) in [5, 5.41) is 27.2. The Hall–Kier alpha value is -3.53. The molecule has 0 spiro atoms. The van der Waals surface area contributed by atoms with Crippen molar-refractivity contribution in [3.05, 3.63) is 51.8 Å². The van der Waals surface area contributed by atoms with Crippen molar-refractivity contribution in [3.8, 4) is 17.1 Å². The van der Waals surface area contributed by atoms with Gasteiger partial charge in [0.25, 0.3) is 17.5 Å². The van der Waals surface area contributed by atoms with Crippen LogP contribution in [0.15, 0.2) is 40.3 Å². The molecule has 1 aliphatic rings. The molecule has 0 bridgehead atoms. The number of carbonyl (C=O) groups excluding carboxylic acids is 2. The van der Waals surface area contributed by atoms with Gasteiger partial charge in [-0.15, -0.1) is 0 Å². The Morgan fingerprint density at radius 3 is 2.44 bits per heavy atom. The van der Waals surface area contributed by atoms with Crippen LogP contribution in [0.4, 0.5) is 5.69 Å². The van der Waals surface area contributed by atoms with Crippen LogP contribution in [0.3, 0.4) is 0 Å². The van der Waals surface area contributed by atoms with Crippen LogP contribution in [-0.4, -0.2) is 21.9 Å². The number of hydrogen-bond donors (Lipinski definition) is 2. The van der Waals surface area contributed by atoms with E-state index in [0.717, 1.165) is 18.2 Å². The quantitative estimate of drug-likeness (QED) is 0.273. The van der Waals surface area contributed by atoms with Crippen LogP contribution in [-0.2, 0) is 9.59 Å². The van der Waals surface area contributed by atoms with Gasteiger partial charge < -0.3 is 9.52 Å². The van der Waals surface area contributed by atoms with Gasteiger partial charge in [0.1, 0.15) is 17.1 Å². The van der Waals surface area contributed by atoms with Gasteiger partial charge in [0.15, 0.2) is 5.11 Å². The molecule has 1 fully saturated rings. The monoisotopic (exact) mass is 358 g/mol. The number of rotatable bonds is 3. The summed E-state index contributed by atoms with van der Waals surface area (Å²) in [6, 6.07) is 6.09. The number of nitrogens with zero attached hydrogens (tertiary/aromatic N) is 1. The summed E-state index contributed by atoms with van der Waals surface area (Å²) >= 11 is 4.69. The lowest BCUT2D eigenvalue weighted by molar-refractivity contribution is -0.385. The molecule has 1 saturated heterocycles. The first kappa shape index (κ1) is 16.3. The highest BCUT2D eigenvalue weighted by molar-refractivity contribution is 7.80. The van der Waals surface area contributed by atoms with Gasteiger partial charge in [0.05, 0.1) is 4.92 Å². The maximum atomic E-state index is 11.9. The number of hydrogen-bond acceptors (Lipinski definition) is 7. The number of benzene rings is 1. The predicted molar refractivity (Wildman–Crippen MR) is 87.1 cm³/mol. The predicted octanol–water partition coefficient (Wildman–Crippen LogP) is 0.843. The second kappa shape index (κ2) is 6.17. The van der Waals surface area contributed by atoms with Crippen LogP contribution in [0.5, 0.6) is 5.75 Å². The van der Waals surface area contributed by atoms with Crippen molar-refractivity contribution in [1.82, 2.24) is 10.6 Å². The summed E-state index contributed by atoms with van der Waals surface area (Å²) in [4.78, 5) is 33.7. The van der Waals surface area contributed by atoms with Gasteiger partial charge in [0, 0.05) is 17.7 Å². The summed E-state index contributed by atoms with van der Waals surface area (Å²) in [7, 11) is 0. The number of carbonyl (C=O) groups is 2. The van der Waals surface area contributed by atoms with E-state index in [2.05, 4.69) is 22.9 Å². The lowest BCUT2D eigenvalue weighted by atomic mass is 10.1. The van der Waals surface area contributed by atoms with E-state index in [-0.39, 0.29) is 33.5 Å². The number of furan rings is 1. The maximum Gasteiger partial charge on any atom is 0.270 e. The third-order valence-corrected chi connectivity index (χ3v) is 3.50. The average molecular weight is 358 g/mol. The molecule has 1 aromatic heterocycles. The Kier molecular flexibility index (Phi) is 4.03. The maximum absolute atomic E-state index is 11.9. The molecular weight excluding hydrogens is 350 g/mol. The molecule has 9 nitrogen and oxygen atoms in total. The Morgan fingerprint density at radius 2 is 1.80 bits per heavy atom. The van der Waals surface area contributed by atoms with Crippen LogP contribution in [0.25, 0.3) is 17.4 Å². The minimum Gasteiger partial charge on any atom is -0.872 e. The third-order valence-electron chi connectivity index (χ3n) is 3.30. The topological polar surface area (TPSA) is 138 Å². The van der Waals surface area contributed by atoms with Gasteiger partial charge in [0.2, 0.25) is 0 Å². The van der Waals surface area contributed by atoms with E-state index in [9.17, 15) is 24.8 Å². The van der Waals surface area contributed by atoms with Crippen LogP contribution in [0, 0.1) is 10.1 Å². The lowest BCUT2D eigenvalue weighted by Crippen LogP contribution is -2.51. The summed E-state index contributed by atoms with van der Waals surface area (Å²) in [6.45, 7) is 0. The lowest BCUT2D eigenvalue weighted by Gasteiger charge is -2.15. The van der Waals surface area contributed by atoms with Crippen molar-refractivity contribution < 1.29 is 24.0 Å². The molecule has 0 aliphatic carbocycles. The second-order valence-electron chi connectivity index (χ2n) is 4.93. The molecular formula is C15H8N3O6S-. The molecule has 1 aliphatic heterocycles. The highest BCUT2D eigenvalue weighted by atomic mass is 32.1. The van der Waals surface area contributed by atoms with Crippen molar-refractivity contribution in [1.29, 1.82) is 0 Å². The van der Waals surface area contributed by atoms with Crippen molar-refractivity contribution in [2.45, 2.75) is 0 Å². The number of nitro benzene ring substituents is 1. The molecule has 2 amide bonds. The van der Waals surface area contributed by atoms with E-state index < -0.39 is 22.5 Å². The fraction of sp³-hybridized carbons (Fsp3) is 0. The van der Waals surface area contributed by atoms with Gasteiger partial charge >= 0.3 is 0 Å². The molecule has 25 heavy (non-hydrogen) atoms. The third kappa shape index (κ3) is 3.23. The zero-order valence-electron chi connectivity index (χ0n) is 12.3. The minimum absolute atomic E-state index is 0.00225. The molecule has 10 heteroatoms. The van der Waals surface area contributed by atoms with Gasteiger partial charge in [-0.3, -0.25) is 30.3 Å². The number of nitrogens with one attached hydrogen (secondary N) is 2. The zero-order chi connectivity index (χ0) is 18.1. The summed E-state index contributed by atoms with van der Waals surface area (Å²) < 4.78 is 5.42. The van der Waals surface area contributed by atoms with E-state index in [1.165, 1.54) is 18.2 Å². The molecule has 2 N–H and O–H groups in total. The van der Waals surface area contributed by atoms with Gasteiger partial charge in [-0.2, -0.15) is 0 Å². The number of amides is 2. The highest BCUT2D eigenvalue weighted by Crippen LogP contribution is 2.32. The normalized spacial score (nSPS) is 14.1. The van der Waals surface area contributed by atoms with E-state index in [4.69, 9.17) is 4.42 Å². The van der Waals surface area contributed by atoms with Crippen molar-refractivity contribution >= 4 is 40.9 Å². The van der Waals surface area contributed by atoms with E-state index in [1.54, 1.807) is 0 Å². The Balaban J connectivity index is 1.96. The van der Waals surface area contributed by atoms with Crippen LogP contribution < -0.4 is 15.7 Å². The zero-order valence-corrected chi connectivity index (χ0v) is 13.1. The standard InChI is InChI=1S/C15H9N3O6S/c19-11-3-1-7(18(22)23)5-9(11)12-4-2-8(24-12)6-10-13(20)16-15(25)17-14(10)21/h1-6,19H,(H2,16,17,20,21,25)/p-1. The molecule has 0 atom stereocenters. The van der Waals surface area contributed by atoms with E-state index in [1.807, 2.05) is 0 Å². The van der Waals surface area contributed by atoms with Crippen LogP contribution >= 0.6 is 12.2 Å². The Labute approximate surface area is 145 Å². The molecule has 0 saturated carbocycles. The van der Waals surface area contributed by atoms with Crippen molar-refractivity contribution in [3.63, 3.8) is 0 Å². The van der Waals surface area contributed by atoms with E-state index in [0.29, 0.717) is 0 Å². The average Bonchev–Trinajstić information content (AvgIpc) is 2.99. The highest BCUT2D eigenvalue weighted by Gasteiger charge is 2.26. The fourth-order valence-corrected chi connectivity index (χ4v) is 2.33. The minimum atomic E-state index is -0.688. The van der Waals surface area contributed by atoms with Crippen molar-refractivity contribution in [2.75, 3.05) is 0 Å². The molecule has 0 unspecified atom stereocenters. The van der Waals surface area contributed by atoms with Crippen LogP contribution in [0.1, 0.15) is 5.76 Å².